The van der Waals surface area contributed by atoms with Crippen molar-refractivity contribution in [2.75, 3.05) is 10.8 Å². The Balaban J connectivity index is 1.76. The van der Waals surface area contributed by atoms with Crippen LogP contribution in [-0.2, 0) is 32.3 Å². The van der Waals surface area contributed by atoms with Crippen LogP contribution in [0.4, 0.5) is 18.9 Å². The van der Waals surface area contributed by atoms with Crippen LogP contribution in [0.1, 0.15) is 49.3 Å². The molecular formula is C31H32BrClF3N3O4S. The molecule has 1 N–H and O–H groups in total. The second-order valence-corrected chi connectivity index (χ2v) is 14.0. The van der Waals surface area contributed by atoms with Gasteiger partial charge in [0.15, 0.2) is 0 Å². The highest BCUT2D eigenvalue weighted by molar-refractivity contribution is 9.10. The SMILES string of the molecule is Cc1ccc(S(=O)(=O)N(CC(=O)N(Cc2cccc(Br)c2)[C@@H](C)C(=O)NC2CCCC2)c2ccc(Cl)c(C(F)(F)F)c2)cc1. The summed E-state index contributed by atoms with van der Waals surface area (Å²) in [6.07, 6.45) is -1.28. The Kier molecular flexibility index (Phi) is 10.7. The summed E-state index contributed by atoms with van der Waals surface area (Å²) in [5.74, 6) is -1.18. The fourth-order valence-electron chi connectivity index (χ4n) is 5.06. The van der Waals surface area contributed by atoms with Crippen molar-refractivity contribution >= 4 is 55.1 Å². The van der Waals surface area contributed by atoms with Gasteiger partial charge in [-0.2, -0.15) is 13.2 Å². The first kappa shape index (κ1) is 33.8. The van der Waals surface area contributed by atoms with Crippen LogP contribution >= 0.6 is 27.5 Å². The summed E-state index contributed by atoms with van der Waals surface area (Å²) in [5.41, 5.74) is -0.226. The van der Waals surface area contributed by atoms with Crippen molar-refractivity contribution in [3.05, 3.63) is 92.9 Å². The standard InChI is InChI=1S/C31H32BrClF3N3O4S/c1-20-10-13-26(14-11-20)44(42,43)39(25-12-15-28(33)27(17-25)31(34,35)36)19-29(40)38(18-22-6-5-7-23(32)16-22)21(2)30(41)37-24-8-3-4-9-24/h5-7,10-17,21,24H,3-4,8-9,18-19H2,1-2H3,(H,37,41)/t21-/m0/s1. The van der Waals surface area contributed by atoms with Gasteiger partial charge in [0.1, 0.15) is 12.6 Å². The lowest BCUT2D eigenvalue weighted by molar-refractivity contribution is -0.139. The largest absolute Gasteiger partial charge is 0.417 e. The molecule has 2 amide bonds. The molecule has 1 aliphatic carbocycles. The lowest BCUT2D eigenvalue weighted by Gasteiger charge is -2.32. The average Bonchev–Trinajstić information content (AvgIpc) is 3.47. The number of sulfonamides is 1. The van der Waals surface area contributed by atoms with Crippen LogP contribution in [0.2, 0.25) is 5.02 Å². The van der Waals surface area contributed by atoms with E-state index in [0.29, 0.717) is 15.9 Å². The minimum Gasteiger partial charge on any atom is -0.352 e. The van der Waals surface area contributed by atoms with Crippen LogP contribution < -0.4 is 9.62 Å². The van der Waals surface area contributed by atoms with E-state index in [4.69, 9.17) is 11.6 Å². The summed E-state index contributed by atoms with van der Waals surface area (Å²) in [4.78, 5) is 28.4. The van der Waals surface area contributed by atoms with Crippen molar-refractivity contribution in [3.63, 3.8) is 0 Å². The highest BCUT2D eigenvalue weighted by Crippen LogP contribution is 2.38. The number of nitrogens with one attached hydrogen (secondary N) is 1. The van der Waals surface area contributed by atoms with Gasteiger partial charge in [-0.3, -0.25) is 13.9 Å². The van der Waals surface area contributed by atoms with Gasteiger partial charge in [-0.25, -0.2) is 8.42 Å². The van der Waals surface area contributed by atoms with Crippen molar-refractivity contribution in [1.29, 1.82) is 0 Å². The average molecular weight is 715 g/mol. The first-order valence-electron chi connectivity index (χ1n) is 14.0. The number of carbonyl (C=O) groups excluding carboxylic acids is 2. The van der Waals surface area contributed by atoms with Crippen molar-refractivity contribution in [3.8, 4) is 0 Å². The Morgan fingerprint density at radius 3 is 2.32 bits per heavy atom. The molecule has 0 heterocycles. The zero-order chi connectivity index (χ0) is 32.2. The Labute approximate surface area is 268 Å². The maximum Gasteiger partial charge on any atom is 0.417 e. The molecule has 1 fully saturated rings. The van der Waals surface area contributed by atoms with Gasteiger partial charge >= 0.3 is 6.18 Å². The minimum atomic E-state index is -4.88. The normalized spacial score (nSPS) is 14.7. The Morgan fingerprint density at radius 2 is 1.70 bits per heavy atom. The van der Waals surface area contributed by atoms with Gasteiger partial charge in [-0.1, -0.05) is 70.2 Å². The second-order valence-electron chi connectivity index (χ2n) is 10.8. The van der Waals surface area contributed by atoms with E-state index in [1.807, 2.05) is 0 Å². The second kappa shape index (κ2) is 13.9. The third kappa shape index (κ3) is 8.13. The Bertz CT molecular complexity index is 1610. The molecule has 0 radical (unpaired) electrons. The molecule has 4 rings (SSSR count). The van der Waals surface area contributed by atoms with Crippen molar-refractivity contribution in [2.24, 2.45) is 0 Å². The number of amides is 2. The van der Waals surface area contributed by atoms with Gasteiger partial charge in [0.2, 0.25) is 11.8 Å². The van der Waals surface area contributed by atoms with Gasteiger partial charge < -0.3 is 10.2 Å². The molecule has 0 saturated heterocycles. The fraction of sp³-hybridized carbons (Fsp3) is 0.355. The van der Waals surface area contributed by atoms with E-state index in [-0.39, 0.29) is 17.5 Å². The van der Waals surface area contributed by atoms with Crippen molar-refractivity contribution < 1.29 is 31.2 Å². The van der Waals surface area contributed by atoms with Crippen LogP contribution in [0, 0.1) is 6.92 Å². The van der Waals surface area contributed by atoms with E-state index in [1.165, 1.54) is 17.0 Å². The summed E-state index contributed by atoms with van der Waals surface area (Å²) < 4.78 is 70.7. The summed E-state index contributed by atoms with van der Waals surface area (Å²) >= 11 is 9.23. The molecule has 13 heteroatoms. The number of hydrogen-bond acceptors (Lipinski definition) is 4. The number of nitrogens with zero attached hydrogens (tertiary/aromatic N) is 2. The first-order valence-corrected chi connectivity index (χ1v) is 16.6. The smallest absolute Gasteiger partial charge is 0.352 e. The van der Waals surface area contributed by atoms with E-state index in [0.717, 1.165) is 47.9 Å². The number of benzene rings is 3. The number of carbonyl (C=O) groups is 2. The van der Waals surface area contributed by atoms with E-state index >= 15 is 0 Å². The molecule has 1 saturated carbocycles. The van der Waals surface area contributed by atoms with Crippen LogP contribution in [0.3, 0.4) is 0 Å². The van der Waals surface area contributed by atoms with Gasteiger partial charge in [-0.05, 0) is 74.7 Å². The molecule has 236 valence electrons. The molecule has 1 atom stereocenters. The van der Waals surface area contributed by atoms with Gasteiger partial charge in [0.25, 0.3) is 10.0 Å². The predicted molar refractivity (Wildman–Crippen MR) is 167 cm³/mol. The van der Waals surface area contributed by atoms with E-state index < -0.39 is 56.9 Å². The van der Waals surface area contributed by atoms with E-state index in [2.05, 4.69) is 21.2 Å². The summed E-state index contributed by atoms with van der Waals surface area (Å²) in [6, 6.07) is 14.4. The number of halogens is 5. The zero-order valence-corrected chi connectivity index (χ0v) is 27.2. The third-order valence-corrected chi connectivity index (χ3v) is 10.2. The van der Waals surface area contributed by atoms with Crippen LogP contribution in [-0.4, -0.2) is 43.8 Å². The predicted octanol–water partition coefficient (Wildman–Crippen LogP) is 7.10. The van der Waals surface area contributed by atoms with E-state index in [9.17, 15) is 31.2 Å². The molecule has 0 bridgehead atoms. The number of hydrogen-bond donors (Lipinski definition) is 1. The monoisotopic (exact) mass is 713 g/mol. The Morgan fingerprint density at radius 1 is 1.05 bits per heavy atom. The number of rotatable bonds is 10. The van der Waals surface area contributed by atoms with Gasteiger partial charge in [0, 0.05) is 17.1 Å². The lowest BCUT2D eigenvalue weighted by Crippen LogP contribution is -2.52. The molecule has 0 aromatic heterocycles. The van der Waals surface area contributed by atoms with Crippen molar-refractivity contribution in [2.45, 2.75) is 69.2 Å². The first-order chi connectivity index (χ1) is 20.7. The molecule has 3 aromatic carbocycles. The molecule has 0 spiro atoms. The third-order valence-electron chi connectivity index (χ3n) is 7.54. The van der Waals surface area contributed by atoms with Gasteiger partial charge in [0.05, 0.1) is 21.2 Å². The maximum atomic E-state index is 14.1. The van der Waals surface area contributed by atoms with Gasteiger partial charge in [-0.15, -0.1) is 0 Å². The zero-order valence-electron chi connectivity index (χ0n) is 24.1. The van der Waals surface area contributed by atoms with Crippen LogP contribution in [0.5, 0.6) is 0 Å². The molecular weight excluding hydrogens is 683 g/mol. The topological polar surface area (TPSA) is 86.8 Å². The summed E-state index contributed by atoms with van der Waals surface area (Å²) in [5, 5.41) is 2.36. The lowest BCUT2D eigenvalue weighted by atomic mass is 10.1. The number of aryl methyl sites for hydroxylation is 1. The number of alkyl halides is 3. The molecule has 1 aliphatic rings. The quantitative estimate of drug-likeness (QED) is 0.243. The molecule has 44 heavy (non-hydrogen) atoms. The van der Waals surface area contributed by atoms with Crippen LogP contribution in [0.15, 0.2) is 76.1 Å². The molecule has 0 aliphatic heterocycles. The maximum absolute atomic E-state index is 14.1. The Hall–Kier alpha value is -3.09. The van der Waals surface area contributed by atoms with E-state index in [1.54, 1.807) is 50.2 Å². The fourth-order valence-corrected chi connectivity index (χ4v) is 7.14. The molecule has 7 nitrogen and oxygen atoms in total. The highest BCUT2D eigenvalue weighted by Gasteiger charge is 2.37. The number of anilines is 1. The summed E-state index contributed by atoms with van der Waals surface area (Å²) in [6.45, 7) is 2.38. The highest BCUT2D eigenvalue weighted by atomic mass is 79.9. The summed E-state index contributed by atoms with van der Waals surface area (Å²) in [7, 11) is -4.55. The van der Waals surface area contributed by atoms with Crippen molar-refractivity contribution in [1.82, 2.24) is 10.2 Å². The molecule has 3 aromatic rings. The molecule has 0 unspecified atom stereocenters. The minimum absolute atomic E-state index is 0.0268. The van der Waals surface area contributed by atoms with Crippen LogP contribution in [0.25, 0.3) is 0 Å².